The molecule has 0 aromatic heterocycles. The van der Waals surface area contributed by atoms with Gasteiger partial charge in [0.25, 0.3) is 5.91 Å². The lowest BCUT2D eigenvalue weighted by Gasteiger charge is -2.05. The van der Waals surface area contributed by atoms with Crippen molar-refractivity contribution in [3.05, 3.63) is 35.9 Å². The number of halogens is 1. The second-order valence-electron chi connectivity index (χ2n) is 2.89. The van der Waals surface area contributed by atoms with E-state index in [0.717, 1.165) is 0 Å². The van der Waals surface area contributed by atoms with Crippen molar-refractivity contribution in [1.82, 2.24) is 10.9 Å². The maximum absolute atomic E-state index is 11.4. The van der Waals surface area contributed by atoms with Gasteiger partial charge in [0.2, 0.25) is 0 Å². The maximum atomic E-state index is 11.4. The summed E-state index contributed by atoms with van der Waals surface area (Å²) in [6.07, 6.45) is -0.0327. The first-order valence-electron chi connectivity index (χ1n) is 4.50. The van der Waals surface area contributed by atoms with Crippen molar-refractivity contribution in [1.29, 1.82) is 0 Å². The third kappa shape index (κ3) is 5.33. The first kappa shape index (κ1) is 14.4. The standard InChI is InChI=1S/C10H12N2O3.ClH/c13-9(14)6-7-11-12-10(15)8-4-2-1-3-5-8;/h1-5,11H,6-7H2,(H,12,15)(H,13,14);1H. The molecule has 0 radical (unpaired) electrons. The molecular formula is C10H13ClN2O3. The lowest BCUT2D eigenvalue weighted by Crippen LogP contribution is -2.38. The van der Waals surface area contributed by atoms with Gasteiger partial charge in [-0.1, -0.05) is 18.2 Å². The molecule has 6 heteroatoms. The number of benzene rings is 1. The van der Waals surface area contributed by atoms with Gasteiger partial charge in [0, 0.05) is 12.1 Å². The minimum Gasteiger partial charge on any atom is -0.481 e. The van der Waals surface area contributed by atoms with E-state index < -0.39 is 5.97 Å². The molecule has 5 nitrogen and oxygen atoms in total. The molecule has 0 spiro atoms. The Balaban J connectivity index is 0.00000225. The molecule has 1 amide bonds. The number of nitrogens with one attached hydrogen (secondary N) is 2. The molecule has 0 heterocycles. The number of carbonyl (C=O) groups excluding carboxylic acids is 1. The summed E-state index contributed by atoms with van der Waals surface area (Å²) in [4.78, 5) is 21.5. The van der Waals surface area contributed by atoms with Crippen LogP contribution in [0.15, 0.2) is 30.3 Å². The van der Waals surface area contributed by atoms with Gasteiger partial charge in [-0.25, -0.2) is 5.43 Å². The van der Waals surface area contributed by atoms with Gasteiger partial charge in [-0.05, 0) is 12.1 Å². The number of amides is 1. The molecule has 16 heavy (non-hydrogen) atoms. The predicted molar refractivity (Wildman–Crippen MR) is 61.4 cm³/mol. The Morgan fingerprint density at radius 3 is 2.38 bits per heavy atom. The second-order valence-corrected chi connectivity index (χ2v) is 2.89. The molecule has 0 saturated heterocycles. The number of carboxylic acid groups (broad SMARTS) is 1. The molecule has 0 aliphatic heterocycles. The van der Waals surface area contributed by atoms with E-state index in [1.807, 2.05) is 6.07 Å². The molecule has 0 fully saturated rings. The first-order chi connectivity index (χ1) is 7.20. The highest BCUT2D eigenvalue weighted by molar-refractivity contribution is 5.93. The molecule has 1 aromatic rings. The largest absolute Gasteiger partial charge is 0.481 e. The SMILES string of the molecule is Cl.O=C(O)CCNNC(=O)c1ccccc1. The van der Waals surface area contributed by atoms with E-state index in [1.165, 1.54) is 0 Å². The van der Waals surface area contributed by atoms with Crippen LogP contribution in [-0.2, 0) is 4.79 Å². The number of hydrogen-bond donors (Lipinski definition) is 3. The van der Waals surface area contributed by atoms with Crippen molar-refractivity contribution in [2.75, 3.05) is 6.54 Å². The number of carbonyl (C=O) groups is 2. The van der Waals surface area contributed by atoms with E-state index in [1.54, 1.807) is 24.3 Å². The van der Waals surface area contributed by atoms with Gasteiger partial charge < -0.3 is 5.11 Å². The maximum Gasteiger partial charge on any atom is 0.304 e. The minimum atomic E-state index is -0.906. The van der Waals surface area contributed by atoms with Gasteiger partial charge in [0.15, 0.2) is 0 Å². The Kier molecular flexibility index (Phi) is 6.91. The number of rotatable bonds is 5. The average Bonchev–Trinajstić information content (AvgIpc) is 2.25. The van der Waals surface area contributed by atoms with Gasteiger partial charge in [0.1, 0.15) is 0 Å². The highest BCUT2D eigenvalue weighted by Gasteiger charge is 2.02. The third-order valence-corrected chi connectivity index (χ3v) is 1.70. The Hall–Kier alpha value is -1.59. The van der Waals surface area contributed by atoms with Gasteiger partial charge in [-0.2, -0.15) is 0 Å². The summed E-state index contributed by atoms with van der Waals surface area (Å²) in [5.41, 5.74) is 5.46. The summed E-state index contributed by atoms with van der Waals surface area (Å²) in [6.45, 7) is 0.202. The zero-order chi connectivity index (χ0) is 11.1. The van der Waals surface area contributed by atoms with Crippen LogP contribution in [0.3, 0.4) is 0 Å². The summed E-state index contributed by atoms with van der Waals surface area (Å²) in [7, 11) is 0. The van der Waals surface area contributed by atoms with Crippen molar-refractivity contribution in [2.24, 2.45) is 0 Å². The third-order valence-electron chi connectivity index (χ3n) is 1.70. The van der Waals surface area contributed by atoms with E-state index in [9.17, 15) is 9.59 Å². The lowest BCUT2D eigenvalue weighted by molar-refractivity contribution is -0.136. The molecule has 88 valence electrons. The zero-order valence-corrected chi connectivity index (χ0v) is 9.29. The molecule has 3 N–H and O–H groups in total. The van der Waals surface area contributed by atoms with Crippen molar-refractivity contribution in [2.45, 2.75) is 6.42 Å². The van der Waals surface area contributed by atoms with Gasteiger partial charge in [0.05, 0.1) is 6.42 Å². The van der Waals surface area contributed by atoms with Crippen LogP contribution in [0.2, 0.25) is 0 Å². The molecule has 0 aliphatic rings. The second kappa shape index (κ2) is 7.67. The number of hydrazine groups is 1. The molecule has 0 atom stereocenters. The normalized spacial score (nSPS) is 9.00. The fourth-order valence-corrected chi connectivity index (χ4v) is 0.974. The van der Waals surface area contributed by atoms with Crippen LogP contribution in [0.4, 0.5) is 0 Å². The van der Waals surface area contributed by atoms with Crippen molar-refractivity contribution >= 4 is 24.3 Å². The smallest absolute Gasteiger partial charge is 0.304 e. The molecule has 0 unspecified atom stereocenters. The number of aliphatic carboxylic acids is 1. The topological polar surface area (TPSA) is 78.4 Å². The summed E-state index contributed by atoms with van der Waals surface area (Å²) in [5, 5.41) is 8.34. The quantitative estimate of drug-likeness (QED) is 0.529. The Labute approximate surface area is 99.2 Å². The highest BCUT2D eigenvalue weighted by Crippen LogP contribution is 1.96. The molecule has 1 aromatic carbocycles. The van der Waals surface area contributed by atoms with Crippen molar-refractivity contribution in [3.63, 3.8) is 0 Å². The van der Waals surface area contributed by atoms with Crippen LogP contribution in [0.1, 0.15) is 16.8 Å². The Morgan fingerprint density at radius 1 is 1.19 bits per heavy atom. The summed E-state index contributed by atoms with van der Waals surface area (Å²) in [6, 6.07) is 8.68. The number of hydrogen-bond acceptors (Lipinski definition) is 3. The fourth-order valence-electron chi connectivity index (χ4n) is 0.974. The molecule has 1 rings (SSSR count). The summed E-state index contributed by atoms with van der Waals surface area (Å²) in [5.74, 6) is -1.18. The van der Waals surface area contributed by atoms with Crippen LogP contribution >= 0.6 is 12.4 Å². The summed E-state index contributed by atoms with van der Waals surface area (Å²) >= 11 is 0. The van der Waals surface area contributed by atoms with Crippen molar-refractivity contribution < 1.29 is 14.7 Å². The van der Waals surface area contributed by atoms with Gasteiger partial charge in [-0.15, -0.1) is 12.4 Å². The molecule has 0 saturated carbocycles. The average molecular weight is 245 g/mol. The molecular weight excluding hydrogens is 232 g/mol. The highest BCUT2D eigenvalue weighted by atomic mass is 35.5. The van der Waals surface area contributed by atoms with E-state index >= 15 is 0 Å². The summed E-state index contributed by atoms with van der Waals surface area (Å²) < 4.78 is 0. The number of carboxylic acids is 1. The van der Waals surface area contributed by atoms with Gasteiger partial charge in [-0.3, -0.25) is 15.0 Å². The van der Waals surface area contributed by atoms with Crippen LogP contribution in [0.25, 0.3) is 0 Å². The van der Waals surface area contributed by atoms with Crippen LogP contribution in [0, 0.1) is 0 Å². The lowest BCUT2D eigenvalue weighted by atomic mass is 10.2. The first-order valence-corrected chi connectivity index (χ1v) is 4.50. The van der Waals surface area contributed by atoms with Crippen LogP contribution in [0.5, 0.6) is 0 Å². The predicted octanol–water partition coefficient (Wildman–Crippen LogP) is 0.817. The van der Waals surface area contributed by atoms with E-state index in [0.29, 0.717) is 5.56 Å². The Morgan fingerprint density at radius 2 is 1.81 bits per heavy atom. The molecule has 0 aliphatic carbocycles. The molecule has 0 bridgehead atoms. The van der Waals surface area contributed by atoms with Crippen LogP contribution in [-0.4, -0.2) is 23.5 Å². The van der Waals surface area contributed by atoms with E-state index in [4.69, 9.17) is 5.11 Å². The van der Waals surface area contributed by atoms with Crippen molar-refractivity contribution in [3.8, 4) is 0 Å². The fraction of sp³-hybridized carbons (Fsp3) is 0.200. The van der Waals surface area contributed by atoms with E-state index in [-0.39, 0.29) is 31.3 Å². The van der Waals surface area contributed by atoms with Crippen LogP contribution < -0.4 is 10.9 Å². The monoisotopic (exact) mass is 244 g/mol. The Bertz CT molecular complexity index is 343. The minimum absolute atomic E-state index is 0. The van der Waals surface area contributed by atoms with Gasteiger partial charge >= 0.3 is 5.97 Å². The zero-order valence-electron chi connectivity index (χ0n) is 8.47. The van der Waals surface area contributed by atoms with E-state index in [2.05, 4.69) is 10.9 Å².